The summed E-state index contributed by atoms with van der Waals surface area (Å²) in [6, 6.07) is 20.9. The maximum Gasteiger partial charge on any atom is 0.272 e. The Labute approximate surface area is 232 Å². The summed E-state index contributed by atoms with van der Waals surface area (Å²) < 4.78 is 13.0. The van der Waals surface area contributed by atoms with Crippen molar-refractivity contribution in [1.29, 1.82) is 5.26 Å². The molecule has 2 aromatic heterocycles. The van der Waals surface area contributed by atoms with E-state index in [1.165, 1.54) is 6.26 Å². The molecule has 5 rings (SSSR count). The van der Waals surface area contributed by atoms with E-state index in [0.29, 0.717) is 29.2 Å². The Morgan fingerprint density at radius 3 is 2.52 bits per heavy atom. The molecule has 0 unspecified atom stereocenters. The molecule has 0 bridgehead atoms. The Morgan fingerprint density at radius 1 is 1.05 bits per heavy atom. The molecule has 1 aliphatic rings. The monoisotopic (exact) mass is 532 g/mol. The molecule has 0 atom stereocenters. The fourth-order valence-electron chi connectivity index (χ4n) is 4.59. The van der Waals surface area contributed by atoms with E-state index in [2.05, 4.69) is 6.92 Å². The van der Waals surface area contributed by atoms with Crippen LogP contribution < -0.4 is 4.74 Å². The Bertz CT molecular complexity index is 1670. The molecule has 0 fully saturated rings. The number of amides is 2. The third kappa shape index (κ3) is 5.09. The Balaban J connectivity index is 1.64. The van der Waals surface area contributed by atoms with Crippen molar-refractivity contribution in [3.63, 3.8) is 0 Å². The number of imide groups is 1. The van der Waals surface area contributed by atoms with E-state index in [-0.39, 0.29) is 17.7 Å². The summed E-state index contributed by atoms with van der Waals surface area (Å²) in [7, 11) is 0. The molecule has 0 saturated carbocycles. The van der Waals surface area contributed by atoms with Gasteiger partial charge in [-0.15, -0.1) is 0 Å². The second-order valence-electron chi connectivity index (χ2n) is 9.49. The number of aryl methyl sites for hydroxylation is 1. The van der Waals surface area contributed by atoms with Gasteiger partial charge in [0.1, 0.15) is 23.2 Å². The second-order valence-corrected chi connectivity index (χ2v) is 9.49. The van der Waals surface area contributed by atoms with Gasteiger partial charge in [0.05, 0.1) is 30.8 Å². The maximum atomic E-state index is 13.7. The van der Waals surface area contributed by atoms with Gasteiger partial charge < -0.3 is 9.15 Å². The summed E-state index contributed by atoms with van der Waals surface area (Å²) >= 11 is 0. The number of aromatic nitrogens is 2. The largest absolute Gasteiger partial charge is 0.493 e. The first-order valence-electron chi connectivity index (χ1n) is 13.0. The molecule has 8 heteroatoms. The van der Waals surface area contributed by atoms with Gasteiger partial charge in [-0.2, -0.15) is 10.4 Å². The highest BCUT2D eigenvalue weighted by molar-refractivity contribution is 6.19. The van der Waals surface area contributed by atoms with E-state index in [4.69, 9.17) is 14.3 Å². The van der Waals surface area contributed by atoms with E-state index in [9.17, 15) is 14.9 Å². The van der Waals surface area contributed by atoms with Crippen molar-refractivity contribution >= 4 is 17.9 Å². The van der Waals surface area contributed by atoms with E-state index < -0.39 is 11.8 Å². The van der Waals surface area contributed by atoms with E-state index >= 15 is 0 Å². The van der Waals surface area contributed by atoms with Crippen molar-refractivity contribution in [3.8, 4) is 28.8 Å². The van der Waals surface area contributed by atoms with Gasteiger partial charge in [-0.05, 0) is 79.9 Å². The van der Waals surface area contributed by atoms with Crippen LogP contribution >= 0.6 is 0 Å². The number of furan rings is 1. The second kappa shape index (κ2) is 11.3. The number of benzene rings is 2. The van der Waals surface area contributed by atoms with Gasteiger partial charge in [0.15, 0.2) is 0 Å². The summed E-state index contributed by atoms with van der Waals surface area (Å²) in [5, 5.41) is 14.7. The summed E-state index contributed by atoms with van der Waals surface area (Å²) in [6.07, 6.45) is 5.93. The van der Waals surface area contributed by atoms with Crippen molar-refractivity contribution in [3.05, 3.63) is 107 Å². The van der Waals surface area contributed by atoms with Gasteiger partial charge in [0, 0.05) is 22.9 Å². The molecule has 3 heterocycles. The lowest BCUT2D eigenvalue weighted by atomic mass is 9.93. The van der Waals surface area contributed by atoms with Crippen molar-refractivity contribution < 1.29 is 18.7 Å². The Hall–Kier alpha value is -5.16. The minimum atomic E-state index is -0.642. The average Bonchev–Trinajstić information content (AvgIpc) is 3.64. The van der Waals surface area contributed by atoms with Crippen LogP contribution in [0.5, 0.6) is 5.75 Å². The fraction of sp³-hybridized carbons (Fsp3) is 0.188. The zero-order valence-electron chi connectivity index (χ0n) is 22.5. The first-order valence-corrected chi connectivity index (χ1v) is 13.0. The van der Waals surface area contributed by atoms with Gasteiger partial charge >= 0.3 is 0 Å². The number of hydrogen-bond acceptors (Lipinski definition) is 6. The molecule has 0 saturated heterocycles. The van der Waals surface area contributed by atoms with E-state index in [1.807, 2.05) is 67.7 Å². The lowest BCUT2D eigenvalue weighted by Crippen LogP contribution is -2.42. The molecule has 2 amide bonds. The van der Waals surface area contributed by atoms with Gasteiger partial charge in [-0.3, -0.25) is 14.5 Å². The molecule has 0 spiro atoms. The molecule has 0 aliphatic carbocycles. The molecule has 40 heavy (non-hydrogen) atoms. The average molecular weight is 533 g/mol. The highest BCUT2D eigenvalue weighted by Gasteiger charge is 2.36. The van der Waals surface area contributed by atoms with Crippen molar-refractivity contribution in [2.24, 2.45) is 0 Å². The summed E-state index contributed by atoms with van der Waals surface area (Å²) in [4.78, 5) is 27.8. The molecule has 8 nitrogen and oxygen atoms in total. The summed E-state index contributed by atoms with van der Waals surface area (Å²) in [5.74, 6) is 0.101. The van der Waals surface area contributed by atoms with Crippen LogP contribution in [-0.2, 0) is 16.1 Å². The third-order valence-corrected chi connectivity index (χ3v) is 6.69. The van der Waals surface area contributed by atoms with E-state index in [1.54, 1.807) is 29.8 Å². The number of carbonyl (C=O) groups is 2. The number of nitriles is 1. The molecule has 0 radical (unpaired) electrons. The minimum Gasteiger partial charge on any atom is -0.493 e. The summed E-state index contributed by atoms with van der Waals surface area (Å²) in [5.41, 5.74) is 4.46. The lowest BCUT2D eigenvalue weighted by molar-refractivity contribution is -0.141. The minimum absolute atomic E-state index is 0.0744. The molecular formula is C32H28N4O4. The first kappa shape index (κ1) is 26.4. The number of nitrogens with zero attached hydrogens (tertiary/aromatic N) is 4. The third-order valence-electron chi connectivity index (χ3n) is 6.69. The molecule has 200 valence electrons. The van der Waals surface area contributed by atoms with Crippen LogP contribution in [0.3, 0.4) is 0 Å². The van der Waals surface area contributed by atoms with Gasteiger partial charge in [0.2, 0.25) is 0 Å². The number of rotatable bonds is 8. The first-order chi connectivity index (χ1) is 19.4. The maximum absolute atomic E-state index is 13.7. The van der Waals surface area contributed by atoms with Crippen LogP contribution in [0.2, 0.25) is 0 Å². The smallest absolute Gasteiger partial charge is 0.272 e. The normalized spacial score (nSPS) is 14.7. The van der Waals surface area contributed by atoms with E-state index in [0.717, 1.165) is 33.9 Å². The molecule has 0 N–H and O–H groups in total. The SMILES string of the molecule is CCCOc1ccc(-c2nn(-c3ccccc3)cc2/C=C2/C(=O)N(Cc3ccco3)C(=O)C(C#N)=C2C)cc1C. The predicted molar refractivity (Wildman–Crippen MR) is 150 cm³/mol. The molecular weight excluding hydrogens is 504 g/mol. The quantitative estimate of drug-likeness (QED) is 0.203. The highest BCUT2D eigenvalue weighted by atomic mass is 16.5. The lowest BCUT2D eigenvalue weighted by Gasteiger charge is -2.26. The zero-order chi connectivity index (χ0) is 28.2. The fourth-order valence-corrected chi connectivity index (χ4v) is 4.59. The Morgan fingerprint density at radius 2 is 1.85 bits per heavy atom. The van der Waals surface area contributed by atoms with Gasteiger partial charge in [0.25, 0.3) is 11.8 Å². The van der Waals surface area contributed by atoms with Crippen LogP contribution in [0.15, 0.2) is 94.3 Å². The van der Waals surface area contributed by atoms with Gasteiger partial charge in [-0.1, -0.05) is 25.1 Å². The Kier molecular flexibility index (Phi) is 7.47. The summed E-state index contributed by atoms with van der Waals surface area (Å²) in [6.45, 7) is 6.21. The van der Waals surface area contributed by atoms with Crippen molar-refractivity contribution in [2.45, 2.75) is 33.7 Å². The van der Waals surface area contributed by atoms with Crippen molar-refractivity contribution in [1.82, 2.24) is 14.7 Å². The van der Waals surface area contributed by atoms with Crippen LogP contribution in [-0.4, -0.2) is 33.1 Å². The predicted octanol–water partition coefficient (Wildman–Crippen LogP) is 6.02. The molecule has 1 aliphatic heterocycles. The number of hydrogen-bond donors (Lipinski definition) is 0. The molecule has 4 aromatic rings. The topological polar surface area (TPSA) is 101 Å². The van der Waals surface area contributed by atoms with Crippen molar-refractivity contribution in [2.75, 3.05) is 6.61 Å². The van der Waals surface area contributed by atoms with Crippen LogP contribution in [0.25, 0.3) is 23.0 Å². The van der Waals surface area contributed by atoms with Crippen LogP contribution in [0.1, 0.15) is 37.2 Å². The standard InChI is InChI=1S/C32H28N4O4/c1-4-14-40-29-13-12-23(16-21(29)2)30-24(19-36(34-30)25-9-6-5-7-10-25)17-27-22(3)28(18-33)32(38)35(31(27)37)20-26-11-8-15-39-26/h5-13,15-17,19H,4,14,20H2,1-3H3/b27-17+. The molecule has 2 aromatic carbocycles. The highest BCUT2D eigenvalue weighted by Crippen LogP contribution is 2.33. The van der Waals surface area contributed by atoms with Crippen LogP contribution in [0, 0.1) is 18.3 Å². The number of carbonyl (C=O) groups excluding carboxylic acids is 2. The van der Waals surface area contributed by atoms with Gasteiger partial charge in [-0.25, -0.2) is 4.68 Å². The number of para-hydroxylation sites is 1. The zero-order valence-corrected chi connectivity index (χ0v) is 22.5. The number of ether oxygens (including phenoxy) is 1. The van der Waals surface area contributed by atoms with Crippen LogP contribution in [0.4, 0.5) is 0 Å².